The first-order valence-corrected chi connectivity index (χ1v) is 6.11. The van der Waals surface area contributed by atoms with Crippen LogP contribution in [0.15, 0.2) is 12.3 Å². The minimum atomic E-state index is 0.552. The number of pyridine rings is 1. The zero-order chi connectivity index (χ0) is 11.6. The van der Waals surface area contributed by atoms with Crippen molar-refractivity contribution in [1.82, 2.24) is 4.98 Å². The highest BCUT2D eigenvalue weighted by Gasteiger charge is 2.41. The number of aromatic nitrogens is 1. The summed E-state index contributed by atoms with van der Waals surface area (Å²) in [6, 6.07) is 1.93. The molecule has 1 aliphatic rings. The second-order valence-corrected chi connectivity index (χ2v) is 5.03. The number of anilines is 2. The van der Waals surface area contributed by atoms with E-state index in [0.717, 1.165) is 23.6 Å². The molecule has 0 bridgehead atoms. The lowest BCUT2D eigenvalue weighted by Gasteiger charge is -2.15. The number of nitrogens with zero attached hydrogens (tertiary/aromatic N) is 1. The summed E-state index contributed by atoms with van der Waals surface area (Å²) in [4.78, 5) is 4.34. The van der Waals surface area contributed by atoms with Crippen LogP contribution in [0.1, 0.15) is 38.2 Å². The lowest BCUT2D eigenvalue weighted by Crippen LogP contribution is -2.16. The minimum absolute atomic E-state index is 0.552. The van der Waals surface area contributed by atoms with Crippen LogP contribution in [-0.4, -0.2) is 11.5 Å². The summed E-state index contributed by atoms with van der Waals surface area (Å²) in [6.45, 7) is 5.27. The van der Waals surface area contributed by atoms with Gasteiger partial charge in [-0.15, -0.1) is 0 Å². The summed E-state index contributed by atoms with van der Waals surface area (Å²) >= 11 is 0. The van der Waals surface area contributed by atoms with Crippen molar-refractivity contribution in [1.29, 1.82) is 0 Å². The number of nitrogens with one attached hydrogen (secondary N) is 1. The largest absolute Gasteiger partial charge is 0.398 e. The van der Waals surface area contributed by atoms with Gasteiger partial charge in [0.25, 0.3) is 0 Å². The lowest BCUT2D eigenvalue weighted by molar-refractivity contribution is 0.485. The first-order chi connectivity index (χ1) is 7.65. The molecule has 88 valence electrons. The molecule has 0 radical (unpaired) electrons. The second kappa shape index (κ2) is 4.32. The molecule has 0 spiro atoms. The summed E-state index contributed by atoms with van der Waals surface area (Å²) in [5, 5.41) is 3.41. The predicted octanol–water partition coefficient (Wildman–Crippen LogP) is 2.96. The lowest BCUT2D eigenvalue weighted by atomic mass is 10.0. The van der Waals surface area contributed by atoms with Crippen molar-refractivity contribution in [3.63, 3.8) is 0 Å². The smallest absolute Gasteiger partial charge is 0.127 e. The van der Waals surface area contributed by atoms with Crippen molar-refractivity contribution in [2.75, 3.05) is 17.6 Å². The van der Waals surface area contributed by atoms with Crippen molar-refractivity contribution in [3.05, 3.63) is 17.8 Å². The Morgan fingerprint density at radius 2 is 2.25 bits per heavy atom. The number of nitrogens with two attached hydrogens (primary N) is 1. The summed E-state index contributed by atoms with van der Waals surface area (Å²) in [5.41, 5.74) is 8.27. The van der Waals surface area contributed by atoms with Gasteiger partial charge in [-0.2, -0.15) is 0 Å². The van der Waals surface area contributed by atoms with Gasteiger partial charge in [0.1, 0.15) is 5.82 Å². The summed E-state index contributed by atoms with van der Waals surface area (Å²) < 4.78 is 0. The van der Waals surface area contributed by atoms with E-state index < -0.39 is 0 Å². The Morgan fingerprint density at radius 1 is 1.50 bits per heavy atom. The molecular weight excluding hydrogens is 198 g/mol. The third kappa shape index (κ3) is 2.46. The van der Waals surface area contributed by atoms with Crippen LogP contribution in [0.3, 0.4) is 0 Å². The summed E-state index contributed by atoms with van der Waals surface area (Å²) in [7, 11) is 0. The maximum atomic E-state index is 5.85. The van der Waals surface area contributed by atoms with Gasteiger partial charge in [-0.25, -0.2) is 4.98 Å². The Hall–Kier alpha value is -1.25. The maximum absolute atomic E-state index is 5.85. The molecular formula is C13H21N3. The highest BCUT2D eigenvalue weighted by atomic mass is 15.0. The van der Waals surface area contributed by atoms with E-state index in [9.17, 15) is 0 Å². The Bertz CT molecular complexity index is 369. The molecule has 0 aromatic carbocycles. The highest BCUT2D eigenvalue weighted by Crippen LogP contribution is 2.49. The molecule has 1 heterocycles. The molecule has 1 aliphatic carbocycles. The Morgan fingerprint density at radius 3 is 2.81 bits per heavy atom. The van der Waals surface area contributed by atoms with Gasteiger partial charge >= 0.3 is 0 Å². The van der Waals surface area contributed by atoms with Crippen LogP contribution in [0.25, 0.3) is 0 Å². The molecule has 0 aliphatic heterocycles. The molecule has 3 N–H and O–H groups in total. The minimum Gasteiger partial charge on any atom is -0.398 e. The van der Waals surface area contributed by atoms with Crippen molar-refractivity contribution < 1.29 is 0 Å². The molecule has 3 nitrogen and oxygen atoms in total. The van der Waals surface area contributed by atoms with Crippen molar-refractivity contribution in [2.24, 2.45) is 5.41 Å². The Balaban J connectivity index is 1.92. The van der Waals surface area contributed by atoms with Crippen LogP contribution >= 0.6 is 0 Å². The normalized spacial score (nSPS) is 17.1. The van der Waals surface area contributed by atoms with Crippen LogP contribution in [0, 0.1) is 12.3 Å². The standard InChI is InChI=1S/C13H21N3/c1-3-4-13(5-6-13)9-16-12-7-11(14)10(2)8-15-12/h7-8H,3-6,9H2,1-2H3,(H3,14,15,16). The van der Waals surface area contributed by atoms with Gasteiger partial charge in [0.15, 0.2) is 0 Å². The maximum Gasteiger partial charge on any atom is 0.127 e. The van der Waals surface area contributed by atoms with Gasteiger partial charge in [0.2, 0.25) is 0 Å². The molecule has 1 saturated carbocycles. The van der Waals surface area contributed by atoms with E-state index in [1.165, 1.54) is 25.7 Å². The van der Waals surface area contributed by atoms with E-state index in [1.54, 1.807) is 0 Å². The van der Waals surface area contributed by atoms with Gasteiger partial charge in [-0.05, 0) is 37.2 Å². The topological polar surface area (TPSA) is 50.9 Å². The molecule has 1 fully saturated rings. The van der Waals surface area contributed by atoms with E-state index in [2.05, 4.69) is 17.2 Å². The fraction of sp³-hybridized carbons (Fsp3) is 0.615. The third-order valence-electron chi connectivity index (χ3n) is 3.53. The van der Waals surface area contributed by atoms with E-state index in [-0.39, 0.29) is 0 Å². The number of aryl methyl sites for hydroxylation is 1. The molecule has 1 aromatic rings. The number of hydrogen-bond donors (Lipinski definition) is 2. The zero-order valence-electron chi connectivity index (χ0n) is 10.2. The molecule has 0 unspecified atom stereocenters. The number of hydrogen-bond acceptors (Lipinski definition) is 3. The molecule has 1 aromatic heterocycles. The van der Waals surface area contributed by atoms with Crippen molar-refractivity contribution in [3.8, 4) is 0 Å². The monoisotopic (exact) mass is 219 g/mol. The van der Waals surface area contributed by atoms with Crippen molar-refractivity contribution in [2.45, 2.75) is 39.5 Å². The van der Waals surface area contributed by atoms with Crippen LogP contribution < -0.4 is 11.1 Å². The number of nitrogen functional groups attached to an aromatic ring is 1. The van der Waals surface area contributed by atoms with Crippen LogP contribution in [0.5, 0.6) is 0 Å². The van der Waals surface area contributed by atoms with Gasteiger partial charge in [0, 0.05) is 24.5 Å². The van der Waals surface area contributed by atoms with Crippen LogP contribution in [0.4, 0.5) is 11.5 Å². The Kier molecular flexibility index (Phi) is 3.03. The quantitative estimate of drug-likeness (QED) is 0.800. The van der Waals surface area contributed by atoms with Gasteiger partial charge in [0.05, 0.1) is 0 Å². The van der Waals surface area contributed by atoms with Crippen LogP contribution in [-0.2, 0) is 0 Å². The van der Waals surface area contributed by atoms with E-state index >= 15 is 0 Å². The second-order valence-electron chi connectivity index (χ2n) is 5.03. The first-order valence-electron chi connectivity index (χ1n) is 6.11. The fourth-order valence-corrected chi connectivity index (χ4v) is 2.14. The average Bonchev–Trinajstić information content (AvgIpc) is 3.01. The molecule has 3 heteroatoms. The third-order valence-corrected chi connectivity index (χ3v) is 3.53. The first kappa shape index (κ1) is 11.2. The average molecular weight is 219 g/mol. The van der Waals surface area contributed by atoms with Crippen molar-refractivity contribution >= 4 is 11.5 Å². The molecule has 0 amide bonds. The van der Waals surface area contributed by atoms with E-state index in [4.69, 9.17) is 5.73 Å². The zero-order valence-corrected chi connectivity index (χ0v) is 10.2. The number of rotatable bonds is 5. The van der Waals surface area contributed by atoms with Gasteiger partial charge < -0.3 is 11.1 Å². The van der Waals surface area contributed by atoms with Crippen LogP contribution in [0.2, 0.25) is 0 Å². The van der Waals surface area contributed by atoms with E-state index in [0.29, 0.717) is 5.41 Å². The van der Waals surface area contributed by atoms with Gasteiger partial charge in [-0.1, -0.05) is 13.3 Å². The summed E-state index contributed by atoms with van der Waals surface area (Å²) in [5.74, 6) is 0.908. The molecule has 2 rings (SSSR count). The predicted molar refractivity (Wildman–Crippen MR) is 68.5 cm³/mol. The fourth-order valence-electron chi connectivity index (χ4n) is 2.14. The molecule has 16 heavy (non-hydrogen) atoms. The summed E-state index contributed by atoms with van der Waals surface area (Å²) in [6.07, 6.45) is 7.13. The highest BCUT2D eigenvalue weighted by molar-refractivity contribution is 5.53. The van der Waals surface area contributed by atoms with Gasteiger partial charge in [-0.3, -0.25) is 0 Å². The van der Waals surface area contributed by atoms with E-state index in [1.807, 2.05) is 19.2 Å². The molecule has 0 saturated heterocycles. The molecule has 0 atom stereocenters. The Labute approximate surface area is 97.5 Å². The SMILES string of the molecule is CCCC1(CNc2cc(N)c(C)cn2)CC1.